The molecule has 1 N–H and O–H groups in total. The number of hydrogen-bond acceptors (Lipinski definition) is 2. The maximum Gasteiger partial charge on any atom is 0.241 e. The van der Waals surface area contributed by atoms with Crippen molar-refractivity contribution in [3.8, 4) is 0 Å². The number of likely N-dealkylation sites (N-methyl/N-ethyl adjacent to an activating group) is 1. The minimum absolute atomic E-state index is 0.0292. The second-order valence-electron chi connectivity index (χ2n) is 5.43. The van der Waals surface area contributed by atoms with Gasteiger partial charge in [0.1, 0.15) is 6.17 Å². The Morgan fingerprint density at radius 3 is 2.47 bits per heavy atom. The third-order valence-corrected chi connectivity index (χ3v) is 3.74. The first-order valence-corrected chi connectivity index (χ1v) is 7.22. The van der Waals surface area contributed by atoms with E-state index in [0.29, 0.717) is 12.5 Å². The highest BCUT2D eigenvalue weighted by molar-refractivity contribution is 6.30. The van der Waals surface area contributed by atoms with Gasteiger partial charge in [-0.1, -0.05) is 37.6 Å². The summed E-state index contributed by atoms with van der Waals surface area (Å²) in [7, 11) is 0. The van der Waals surface area contributed by atoms with E-state index >= 15 is 0 Å². The number of carbonyl (C=O) groups is 1. The average molecular weight is 281 g/mol. The molecule has 0 aliphatic carbocycles. The van der Waals surface area contributed by atoms with Crippen molar-refractivity contribution in [1.29, 1.82) is 0 Å². The molecule has 1 aliphatic heterocycles. The van der Waals surface area contributed by atoms with Crippen LogP contribution >= 0.6 is 11.6 Å². The van der Waals surface area contributed by atoms with Crippen LogP contribution in [0.4, 0.5) is 0 Å². The lowest BCUT2D eigenvalue weighted by atomic mass is 10.0. The third-order valence-electron chi connectivity index (χ3n) is 3.49. The molecule has 2 unspecified atom stereocenters. The van der Waals surface area contributed by atoms with Crippen molar-refractivity contribution in [2.24, 2.45) is 5.92 Å². The van der Waals surface area contributed by atoms with Crippen LogP contribution in [0.1, 0.15) is 38.9 Å². The van der Waals surface area contributed by atoms with Gasteiger partial charge in [0.2, 0.25) is 5.91 Å². The van der Waals surface area contributed by atoms with E-state index in [-0.39, 0.29) is 18.1 Å². The van der Waals surface area contributed by atoms with Gasteiger partial charge in [0.15, 0.2) is 0 Å². The molecule has 0 spiro atoms. The predicted octanol–water partition coefficient (Wildman–Crippen LogP) is 3.21. The largest absolute Gasteiger partial charge is 0.322 e. The number of rotatable bonds is 4. The Morgan fingerprint density at radius 1 is 1.32 bits per heavy atom. The van der Waals surface area contributed by atoms with Gasteiger partial charge in [0.25, 0.3) is 0 Å². The highest BCUT2D eigenvalue weighted by Crippen LogP contribution is 2.28. The molecule has 4 heteroatoms. The molecular weight excluding hydrogens is 260 g/mol. The number of amides is 1. The van der Waals surface area contributed by atoms with Crippen molar-refractivity contribution in [1.82, 2.24) is 10.2 Å². The van der Waals surface area contributed by atoms with Gasteiger partial charge in [0, 0.05) is 11.6 Å². The lowest BCUT2D eigenvalue weighted by Crippen LogP contribution is -2.31. The molecule has 2 atom stereocenters. The zero-order chi connectivity index (χ0) is 14.0. The minimum Gasteiger partial charge on any atom is -0.322 e. The minimum atomic E-state index is -0.0689. The average Bonchev–Trinajstić information content (AvgIpc) is 2.66. The van der Waals surface area contributed by atoms with Crippen molar-refractivity contribution in [3.63, 3.8) is 0 Å². The summed E-state index contributed by atoms with van der Waals surface area (Å²) in [6, 6.07) is 7.63. The van der Waals surface area contributed by atoms with Crippen molar-refractivity contribution < 1.29 is 4.79 Å². The molecule has 3 nitrogen and oxygen atoms in total. The van der Waals surface area contributed by atoms with Crippen LogP contribution in [0.5, 0.6) is 0 Å². The SMILES string of the molecule is CCN1C(=O)C(CC(C)C)NC1c1ccc(Cl)cc1. The number of benzene rings is 1. The first-order chi connectivity index (χ1) is 9.02. The predicted molar refractivity (Wildman–Crippen MR) is 78.0 cm³/mol. The first-order valence-electron chi connectivity index (χ1n) is 6.85. The summed E-state index contributed by atoms with van der Waals surface area (Å²) in [6.07, 6.45) is 0.845. The summed E-state index contributed by atoms with van der Waals surface area (Å²) in [5.41, 5.74) is 1.09. The maximum atomic E-state index is 12.4. The van der Waals surface area contributed by atoms with Crippen LogP contribution in [-0.2, 0) is 4.79 Å². The molecule has 1 heterocycles. The van der Waals surface area contributed by atoms with Gasteiger partial charge in [-0.3, -0.25) is 10.1 Å². The summed E-state index contributed by atoms with van der Waals surface area (Å²) >= 11 is 5.91. The van der Waals surface area contributed by atoms with Gasteiger partial charge < -0.3 is 4.90 Å². The van der Waals surface area contributed by atoms with Gasteiger partial charge in [-0.05, 0) is 37.0 Å². The van der Waals surface area contributed by atoms with Crippen LogP contribution in [0, 0.1) is 5.92 Å². The standard InChI is InChI=1S/C15H21ClN2O/c1-4-18-14(11-5-7-12(16)8-6-11)17-13(15(18)19)9-10(2)3/h5-8,10,13-14,17H,4,9H2,1-3H3. The first kappa shape index (κ1) is 14.4. The molecule has 1 aliphatic rings. The number of nitrogens with zero attached hydrogens (tertiary/aromatic N) is 1. The number of carbonyl (C=O) groups excluding carboxylic acids is 1. The lowest BCUT2D eigenvalue weighted by Gasteiger charge is -2.22. The molecule has 1 saturated heterocycles. The summed E-state index contributed by atoms with van der Waals surface area (Å²) in [4.78, 5) is 14.3. The lowest BCUT2D eigenvalue weighted by molar-refractivity contribution is -0.130. The Hall–Kier alpha value is -1.06. The third kappa shape index (κ3) is 3.10. The fraction of sp³-hybridized carbons (Fsp3) is 0.533. The smallest absolute Gasteiger partial charge is 0.241 e. The number of nitrogens with one attached hydrogen (secondary N) is 1. The highest BCUT2D eigenvalue weighted by atomic mass is 35.5. The molecule has 1 aromatic rings. The summed E-state index contributed by atoms with van der Waals surface area (Å²) < 4.78 is 0. The van der Waals surface area contributed by atoms with E-state index in [1.807, 2.05) is 36.1 Å². The van der Waals surface area contributed by atoms with E-state index in [0.717, 1.165) is 17.0 Å². The van der Waals surface area contributed by atoms with E-state index in [4.69, 9.17) is 11.6 Å². The number of hydrogen-bond donors (Lipinski definition) is 1. The molecule has 0 saturated carbocycles. The van der Waals surface area contributed by atoms with Crippen LogP contribution in [0.3, 0.4) is 0 Å². The van der Waals surface area contributed by atoms with Crippen LogP contribution < -0.4 is 5.32 Å². The van der Waals surface area contributed by atoms with Crippen LogP contribution in [0.2, 0.25) is 5.02 Å². The molecule has 1 aromatic carbocycles. The van der Waals surface area contributed by atoms with Crippen molar-refractivity contribution >= 4 is 17.5 Å². The van der Waals surface area contributed by atoms with Crippen molar-refractivity contribution in [3.05, 3.63) is 34.9 Å². The van der Waals surface area contributed by atoms with Gasteiger partial charge >= 0.3 is 0 Å². The topological polar surface area (TPSA) is 32.3 Å². The van der Waals surface area contributed by atoms with Gasteiger partial charge in [-0.15, -0.1) is 0 Å². The van der Waals surface area contributed by atoms with Crippen molar-refractivity contribution in [2.45, 2.75) is 39.4 Å². The Morgan fingerprint density at radius 2 is 1.95 bits per heavy atom. The number of halogens is 1. The van der Waals surface area contributed by atoms with Gasteiger partial charge in [0.05, 0.1) is 6.04 Å². The normalized spacial score (nSPS) is 23.4. The second-order valence-corrected chi connectivity index (χ2v) is 5.86. The molecule has 1 amide bonds. The molecule has 0 radical (unpaired) electrons. The van der Waals surface area contributed by atoms with Crippen LogP contribution in [0.25, 0.3) is 0 Å². The monoisotopic (exact) mass is 280 g/mol. The fourth-order valence-corrected chi connectivity index (χ4v) is 2.71. The van der Waals surface area contributed by atoms with E-state index in [9.17, 15) is 4.79 Å². The Balaban J connectivity index is 2.20. The molecule has 19 heavy (non-hydrogen) atoms. The van der Waals surface area contributed by atoms with Gasteiger partial charge in [-0.2, -0.15) is 0 Å². The van der Waals surface area contributed by atoms with E-state index in [2.05, 4.69) is 19.2 Å². The molecular formula is C15H21ClN2O. The molecule has 1 fully saturated rings. The van der Waals surface area contributed by atoms with Crippen LogP contribution in [0.15, 0.2) is 24.3 Å². The maximum absolute atomic E-state index is 12.4. The molecule has 0 bridgehead atoms. The Kier molecular flexibility index (Phi) is 4.48. The Bertz CT molecular complexity index is 444. The summed E-state index contributed by atoms with van der Waals surface area (Å²) in [6.45, 7) is 7.01. The van der Waals surface area contributed by atoms with Gasteiger partial charge in [-0.25, -0.2) is 0 Å². The van der Waals surface area contributed by atoms with E-state index in [1.165, 1.54) is 0 Å². The molecule has 104 valence electrons. The second kappa shape index (κ2) is 5.93. The fourth-order valence-electron chi connectivity index (χ4n) is 2.58. The van der Waals surface area contributed by atoms with Crippen molar-refractivity contribution in [2.75, 3.05) is 6.54 Å². The summed E-state index contributed by atoms with van der Waals surface area (Å²) in [5, 5.41) is 4.16. The molecule has 2 rings (SSSR count). The van der Waals surface area contributed by atoms with Crippen LogP contribution in [-0.4, -0.2) is 23.4 Å². The zero-order valence-corrected chi connectivity index (χ0v) is 12.4. The van der Waals surface area contributed by atoms with E-state index in [1.54, 1.807) is 0 Å². The molecule has 0 aromatic heterocycles. The summed E-state index contributed by atoms with van der Waals surface area (Å²) in [5.74, 6) is 0.709. The van der Waals surface area contributed by atoms with E-state index < -0.39 is 0 Å². The Labute approximate surface area is 119 Å². The highest BCUT2D eigenvalue weighted by Gasteiger charge is 2.38. The zero-order valence-electron chi connectivity index (χ0n) is 11.7. The quantitative estimate of drug-likeness (QED) is 0.919.